The van der Waals surface area contributed by atoms with Gasteiger partial charge in [-0.3, -0.25) is 9.48 Å². The van der Waals surface area contributed by atoms with Crippen LogP contribution in [0.1, 0.15) is 32.9 Å². The van der Waals surface area contributed by atoms with Crippen molar-refractivity contribution < 1.29 is 4.79 Å². The van der Waals surface area contributed by atoms with Gasteiger partial charge in [0, 0.05) is 18.4 Å². The van der Waals surface area contributed by atoms with E-state index in [9.17, 15) is 4.79 Å². The average molecular weight is 272 g/mol. The Morgan fingerprint density at radius 2 is 2.11 bits per heavy atom. The van der Waals surface area contributed by atoms with Gasteiger partial charge in [0.05, 0.1) is 23.5 Å². The van der Waals surface area contributed by atoms with E-state index in [1.54, 1.807) is 13.1 Å². The van der Waals surface area contributed by atoms with Crippen LogP contribution in [0.3, 0.4) is 0 Å². The van der Waals surface area contributed by atoms with E-state index in [0.29, 0.717) is 11.4 Å². The van der Waals surface area contributed by atoms with Gasteiger partial charge in [0.2, 0.25) is 0 Å². The third-order valence-electron chi connectivity index (χ3n) is 2.89. The van der Waals surface area contributed by atoms with E-state index in [-0.39, 0.29) is 11.2 Å². The molecule has 0 aliphatic heterocycles. The van der Waals surface area contributed by atoms with Crippen LogP contribution in [-0.2, 0) is 16.8 Å². The Kier molecular flexibility index (Phi) is 4.93. The van der Waals surface area contributed by atoms with Crippen molar-refractivity contribution in [3.63, 3.8) is 0 Å². The van der Waals surface area contributed by atoms with Crippen LogP contribution in [0.2, 0.25) is 5.02 Å². The molecule has 4 nitrogen and oxygen atoms in total. The molecule has 102 valence electrons. The second-order valence-electron chi connectivity index (χ2n) is 5.63. The molecule has 1 heterocycles. The van der Waals surface area contributed by atoms with Gasteiger partial charge >= 0.3 is 0 Å². The summed E-state index contributed by atoms with van der Waals surface area (Å²) in [7, 11) is 4.04. The van der Waals surface area contributed by atoms with E-state index in [1.165, 1.54) is 0 Å². The number of ketones is 1. The molecule has 1 rings (SSSR count). The monoisotopic (exact) mass is 271 g/mol. The van der Waals surface area contributed by atoms with E-state index in [2.05, 4.69) is 10.00 Å². The number of Topliss-reactive ketones (excluding diaryl/α,β-unsaturated/α-hetero) is 1. The quantitative estimate of drug-likeness (QED) is 0.797. The topological polar surface area (TPSA) is 38.1 Å². The summed E-state index contributed by atoms with van der Waals surface area (Å²) in [6.07, 6.45) is 2.13. The Labute approximate surface area is 114 Å². The van der Waals surface area contributed by atoms with Crippen LogP contribution in [0.15, 0.2) is 6.20 Å². The molecule has 0 aliphatic carbocycles. The fourth-order valence-corrected chi connectivity index (χ4v) is 2.60. The van der Waals surface area contributed by atoms with E-state index < -0.39 is 0 Å². The number of carbonyl (C=O) groups is 1. The van der Waals surface area contributed by atoms with Gasteiger partial charge in [-0.1, -0.05) is 25.4 Å². The minimum atomic E-state index is -0.286. The molecule has 0 N–H and O–H groups in total. The minimum Gasteiger partial charge on any atom is -0.308 e. The van der Waals surface area contributed by atoms with E-state index in [0.717, 1.165) is 18.8 Å². The highest BCUT2D eigenvalue weighted by Crippen LogP contribution is 2.32. The van der Waals surface area contributed by atoms with Crippen molar-refractivity contribution in [3.8, 4) is 0 Å². The van der Waals surface area contributed by atoms with Crippen molar-refractivity contribution in [2.75, 3.05) is 20.6 Å². The van der Waals surface area contributed by atoms with E-state index >= 15 is 0 Å². The molecule has 0 aromatic carbocycles. The van der Waals surface area contributed by atoms with Crippen LogP contribution in [0.5, 0.6) is 0 Å². The van der Waals surface area contributed by atoms with Crippen LogP contribution in [0, 0.1) is 0 Å². The van der Waals surface area contributed by atoms with Gasteiger partial charge in [-0.2, -0.15) is 5.10 Å². The van der Waals surface area contributed by atoms with Crippen molar-refractivity contribution >= 4 is 17.4 Å². The van der Waals surface area contributed by atoms with Crippen LogP contribution in [-0.4, -0.2) is 41.1 Å². The van der Waals surface area contributed by atoms with Gasteiger partial charge in [0.15, 0.2) is 0 Å². The molecular formula is C13H22ClN3O. The SMILES string of the molecule is CC(=O)CC(C)(C)c1c(Cl)cnn1CCN(C)C. The predicted molar refractivity (Wildman–Crippen MR) is 74.1 cm³/mol. The Hall–Kier alpha value is -0.870. The summed E-state index contributed by atoms with van der Waals surface area (Å²) in [5.74, 6) is 0.163. The standard InChI is InChI=1S/C13H22ClN3O/c1-10(18)8-13(2,3)12-11(14)9-15-17(12)7-6-16(4)5/h9H,6-8H2,1-5H3. The number of carbonyl (C=O) groups excluding carboxylic acids is 1. The molecule has 1 aromatic rings. The predicted octanol–water partition coefficient (Wildman–Crippen LogP) is 2.35. The summed E-state index contributed by atoms with van der Waals surface area (Å²) in [6, 6.07) is 0. The molecule has 0 aliphatic rings. The molecule has 0 amide bonds. The smallest absolute Gasteiger partial charge is 0.130 e. The molecule has 1 aromatic heterocycles. The zero-order valence-corrected chi connectivity index (χ0v) is 12.6. The van der Waals surface area contributed by atoms with Gasteiger partial charge in [0.25, 0.3) is 0 Å². The van der Waals surface area contributed by atoms with E-state index in [1.807, 2.05) is 32.6 Å². The molecule has 0 radical (unpaired) electrons. The second kappa shape index (κ2) is 5.85. The van der Waals surface area contributed by atoms with Crippen molar-refractivity contribution in [2.24, 2.45) is 0 Å². The summed E-state index contributed by atoms with van der Waals surface area (Å²) in [4.78, 5) is 13.5. The Morgan fingerprint density at radius 1 is 1.50 bits per heavy atom. The summed E-state index contributed by atoms with van der Waals surface area (Å²) in [5, 5.41) is 4.95. The lowest BCUT2D eigenvalue weighted by Crippen LogP contribution is -2.28. The molecule has 0 unspecified atom stereocenters. The number of rotatable bonds is 6. The molecule has 0 saturated carbocycles. The van der Waals surface area contributed by atoms with Gasteiger partial charge in [-0.15, -0.1) is 0 Å². The van der Waals surface area contributed by atoms with Crippen molar-refractivity contribution in [1.29, 1.82) is 0 Å². The Bertz CT molecular complexity index is 424. The van der Waals surface area contributed by atoms with Crippen LogP contribution >= 0.6 is 11.6 Å². The van der Waals surface area contributed by atoms with Crippen molar-refractivity contribution in [3.05, 3.63) is 16.9 Å². The van der Waals surface area contributed by atoms with Gasteiger partial charge in [-0.25, -0.2) is 0 Å². The lowest BCUT2D eigenvalue weighted by molar-refractivity contribution is -0.118. The first-order chi connectivity index (χ1) is 8.24. The first-order valence-electron chi connectivity index (χ1n) is 6.10. The first kappa shape index (κ1) is 15.2. The highest BCUT2D eigenvalue weighted by Gasteiger charge is 2.29. The average Bonchev–Trinajstić information content (AvgIpc) is 2.55. The maximum Gasteiger partial charge on any atom is 0.130 e. The fraction of sp³-hybridized carbons (Fsp3) is 0.692. The molecule has 0 saturated heterocycles. The molecular weight excluding hydrogens is 250 g/mol. The number of halogens is 1. The Morgan fingerprint density at radius 3 is 2.61 bits per heavy atom. The second-order valence-corrected chi connectivity index (χ2v) is 6.04. The number of hydrogen-bond donors (Lipinski definition) is 0. The summed E-state index contributed by atoms with van der Waals surface area (Å²) in [5.41, 5.74) is 0.660. The zero-order valence-electron chi connectivity index (χ0n) is 11.8. The minimum absolute atomic E-state index is 0.163. The molecule has 0 spiro atoms. The van der Waals surface area contributed by atoms with Gasteiger partial charge in [0.1, 0.15) is 5.78 Å². The summed E-state index contributed by atoms with van der Waals surface area (Å²) >= 11 is 6.22. The van der Waals surface area contributed by atoms with Crippen LogP contribution in [0.4, 0.5) is 0 Å². The Balaban J connectivity index is 2.99. The van der Waals surface area contributed by atoms with Crippen LogP contribution < -0.4 is 0 Å². The number of nitrogens with zero attached hydrogens (tertiary/aromatic N) is 3. The maximum atomic E-state index is 11.4. The lowest BCUT2D eigenvalue weighted by Gasteiger charge is -2.25. The lowest BCUT2D eigenvalue weighted by atomic mass is 9.84. The number of hydrogen-bond acceptors (Lipinski definition) is 3. The summed E-state index contributed by atoms with van der Waals surface area (Å²) in [6.45, 7) is 7.33. The zero-order chi connectivity index (χ0) is 13.9. The molecule has 0 bridgehead atoms. The third-order valence-corrected chi connectivity index (χ3v) is 3.16. The molecule has 0 atom stereocenters. The van der Waals surface area contributed by atoms with Gasteiger partial charge in [-0.05, 0) is 21.0 Å². The first-order valence-corrected chi connectivity index (χ1v) is 6.48. The molecule has 18 heavy (non-hydrogen) atoms. The highest BCUT2D eigenvalue weighted by atomic mass is 35.5. The molecule has 5 heteroatoms. The van der Waals surface area contributed by atoms with Crippen molar-refractivity contribution in [1.82, 2.24) is 14.7 Å². The third kappa shape index (κ3) is 3.82. The fourth-order valence-electron chi connectivity index (χ4n) is 2.21. The largest absolute Gasteiger partial charge is 0.308 e. The number of likely N-dealkylation sites (N-methyl/N-ethyl adjacent to an activating group) is 1. The summed E-state index contributed by atoms with van der Waals surface area (Å²) < 4.78 is 1.91. The molecule has 0 fully saturated rings. The maximum absolute atomic E-state index is 11.4. The van der Waals surface area contributed by atoms with Gasteiger partial charge < -0.3 is 4.90 Å². The van der Waals surface area contributed by atoms with Crippen LogP contribution in [0.25, 0.3) is 0 Å². The highest BCUT2D eigenvalue weighted by molar-refractivity contribution is 6.31. The number of aromatic nitrogens is 2. The van der Waals surface area contributed by atoms with E-state index in [4.69, 9.17) is 11.6 Å². The normalized spacial score (nSPS) is 12.2. The van der Waals surface area contributed by atoms with Crippen molar-refractivity contribution in [2.45, 2.75) is 39.2 Å².